The van der Waals surface area contributed by atoms with E-state index in [1.807, 2.05) is 4.90 Å². The Morgan fingerprint density at radius 3 is 2.83 bits per heavy atom. The van der Waals surface area contributed by atoms with Crippen LogP contribution in [0, 0.1) is 5.82 Å². The normalized spacial score (nSPS) is 21.5. The van der Waals surface area contributed by atoms with E-state index in [0.29, 0.717) is 42.5 Å². The Morgan fingerprint density at radius 1 is 1.42 bits per heavy atom. The quantitative estimate of drug-likeness (QED) is 0.598. The summed E-state index contributed by atoms with van der Waals surface area (Å²) in [5.74, 6) is 0.678. The van der Waals surface area contributed by atoms with Crippen LogP contribution in [0.5, 0.6) is 0 Å². The van der Waals surface area contributed by atoms with Crippen LogP contribution in [0.3, 0.4) is 0 Å². The lowest BCUT2D eigenvalue weighted by molar-refractivity contribution is 0.145. The molecule has 0 bridgehead atoms. The van der Waals surface area contributed by atoms with Gasteiger partial charge in [-0.25, -0.2) is 14.2 Å². The molecule has 2 aliphatic heterocycles. The van der Waals surface area contributed by atoms with E-state index in [1.54, 1.807) is 12.1 Å². The minimum Gasteiger partial charge on any atom is -0.442 e. The van der Waals surface area contributed by atoms with Crippen molar-refractivity contribution in [2.24, 2.45) is 4.99 Å². The maximum Gasteiger partial charge on any atom is 0.414 e. The number of isothiocyanates is 1. The van der Waals surface area contributed by atoms with Crippen molar-refractivity contribution in [2.45, 2.75) is 6.10 Å². The minimum atomic E-state index is -0.814. The van der Waals surface area contributed by atoms with Crippen molar-refractivity contribution in [3.8, 4) is 0 Å². The van der Waals surface area contributed by atoms with E-state index in [2.05, 4.69) is 22.4 Å². The summed E-state index contributed by atoms with van der Waals surface area (Å²) in [6, 6.07) is 4.66. The first kappa shape index (κ1) is 17.0. The average molecular weight is 369 g/mol. The molecule has 0 spiro atoms. The molecule has 0 unspecified atom stereocenters. The number of cyclic esters (lactones) is 1. The zero-order valence-corrected chi connectivity index (χ0v) is 14.4. The number of amides is 1. The zero-order valence-electron chi connectivity index (χ0n) is 12.8. The molecule has 6 nitrogen and oxygen atoms in total. The van der Waals surface area contributed by atoms with Crippen LogP contribution >= 0.6 is 12.2 Å². The van der Waals surface area contributed by atoms with E-state index in [-0.39, 0.29) is 6.54 Å². The molecule has 1 amide bonds. The summed E-state index contributed by atoms with van der Waals surface area (Å²) >= 11 is 4.50. The Kier molecular flexibility index (Phi) is 5.23. The Morgan fingerprint density at radius 2 is 2.17 bits per heavy atom. The van der Waals surface area contributed by atoms with Crippen LogP contribution < -0.4 is 9.80 Å². The van der Waals surface area contributed by atoms with Crippen LogP contribution in [-0.2, 0) is 15.5 Å². The third-order valence-electron chi connectivity index (χ3n) is 3.99. The number of ether oxygens (including phenoxy) is 1. The smallest absolute Gasteiger partial charge is 0.414 e. The highest BCUT2D eigenvalue weighted by Crippen LogP contribution is 2.28. The summed E-state index contributed by atoms with van der Waals surface area (Å²) in [5.41, 5.74) is 0.903. The van der Waals surface area contributed by atoms with Gasteiger partial charge in [-0.2, -0.15) is 0 Å². The summed E-state index contributed by atoms with van der Waals surface area (Å²) in [7, 11) is -0.814. The molecular formula is C15H16FN3O3S2. The number of aliphatic imine (C=N–C) groups is 1. The zero-order chi connectivity index (χ0) is 17.1. The molecule has 2 fully saturated rings. The topological polar surface area (TPSA) is 62.2 Å². The van der Waals surface area contributed by atoms with E-state index in [1.165, 1.54) is 11.0 Å². The number of nitrogens with zero attached hydrogens (tertiary/aromatic N) is 3. The molecule has 0 aliphatic carbocycles. The molecule has 0 radical (unpaired) electrons. The van der Waals surface area contributed by atoms with Crippen LogP contribution in [0.25, 0.3) is 0 Å². The third-order valence-corrected chi connectivity index (χ3v) is 5.40. The van der Waals surface area contributed by atoms with Crippen LogP contribution in [0.2, 0.25) is 0 Å². The Hall–Kier alpha value is -1.83. The molecular weight excluding hydrogens is 353 g/mol. The van der Waals surface area contributed by atoms with E-state index in [4.69, 9.17) is 4.74 Å². The number of thiocarbonyl (C=S) groups is 1. The van der Waals surface area contributed by atoms with Gasteiger partial charge in [0.25, 0.3) is 0 Å². The first-order chi connectivity index (χ1) is 11.6. The fourth-order valence-electron chi connectivity index (χ4n) is 2.77. The molecule has 2 aliphatic rings. The van der Waals surface area contributed by atoms with E-state index in [9.17, 15) is 13.4 Å². The minimum absolute atomic E-state index is 0.247. The Bertz CT molecular complexity index is 714. The van der Waals surface area contributed by atoms with Crippen molar-refractivity contribution in [3.05, 3.63) is 24.0 Å². The molecule has 9 heteroatoms. The summed E-state index contributed by atoms with van der Waals surface area (Å²) in [5, 5.41) is 2.23. The SMILES string of the molecule is O=C1O[C@@H](CN=C=S)CN1c1ccc(N2CCS(=O)CC2)c(F)c1. The second kappa shape index (κ2) is 7.38. The first-order valence-corrected chi connectivity index (χ1v) is 9.39. The van der Waals surface area contributed by atoms with Gasteiger partial charge in [-0.3, -0.25) is 9.11 Å². The third kappa shape index (κ3) is 3.63. The fourth-order valence-corrected chi connectivity index (χ4v) is 3.89. The Labute approximate surface area is 146 Å². The molecule has 24 heavy (non-hydrogen) atoms. The van der Waals surface area contributed by atoms with Gasteiger partial charge < -0.3 is 9.64 Å². The predicted octanol–water partition coefficient (Wildman–Crippen LogP) is 1.82. The van der Waals surface area contributed by atoms with Gasteiger partial charge in [0.2, 0.25) is 0 Å². The molecule has 128 valence electrons. The van der Waals surface area contributed by atoms with Crippen LogP contribution in [-0.4, -0.2) is 59.3 Å². The number of carbonyl (C=O) groups excluding carboxylic acids is 1. The van der Waals surface area contributed by atoms with E-state index < -0.39 is 28.8 Å². The van der Waals surface area contributed by atoms with E-state index in [0.717, 1.165) is 0 Å². The number of hydrogen-bond acceptors (Lipinski definition) is 6. The van der Waals surface area contributed by atoms with Gasteiger partial charge in [0.05, 0.1) is 29.6 Å². The van der Waals surface area contributed by atoms with Crippen molar-refractivity contribution in [2.75, 3.05) is 47.5 Å². The van der Waals surface area contributed by atoms with Gasteiger partial charge in [0.1, 0.15) is 11.9 Å². The monoisotopic (exact) mass is 369 g/mol. The largest absolute Gasteiger partial charge is 0.442 e. The van der Waals surface area contributed by atoms with Gasteiger partial charge in [-0.05, 0) is 30.4 Å². The summed E-state index contributed by atoms with van der Waals surface area (Å²) in [6.07, 6.45) is -0.937. The Balaban J connectivity index is 1.74. The first-order valence-electron chi connectivity index (χ1n) is 7.49. The molecule has 3 rings (SSSR count). The van der Waals surface area contributed by atoms with Gasteiger partial charge in [0.15, 0.2) is 0 Å². The number of rotatable bonds is 4. The number of benzene rings is 1. The molecule has 1 atom stereocenters. The van der Waals surface area contributed by atoms with Crippen molar-refractivity contribution >= 4 is 45.6 Å². The summed E-state index contributed by atoms with van der Waals surface area (Å²) < 4.78 is 31.1. The molecule has 0 aromatic heterocycles. The van der Waals surface area contributed by atoms with Gasteiger partial charge in [0, 0.05) is 35.4 Å². The van der Waals surface area contributed by atoms with Crippen LogP contribution in [0.4, 0.5) is 20.6 Å². The standard InChI is InChI=1S/C15H16FN3O3S2/c16-13-7-11(19-9-12(8-17-10-23)22-15(19)20)1-2-14(13)18-3-5-24(21)6-4-18/h1-2,7,12H,3-6,8-9H2/t12-/m0/s1. The van der Waals surface area contributed by atoms with Crippen molar-refractivity contribution in [1.82, 2.24) is 0 Å². The average Bonchev–Trinajstić information content (AvgIpc) is 2.95. The molecule has 0 N–H and O–H groups in total. The van der Waals surface area contributed by atoms with Gasteiger partial charge in [-0.1, -0.05) is 0 Å². The maximum absolute atomic E-state index is 14.5. The van der Waals surface area contributed by atoms with Crippen molar-refractivity contribution in [3.63, 3.8) is 0 Å². The number of hydrogen-bond donors (Lipinski definition) is 0. The lowest BCUT2D eigenvalue weighted by Gasteiger charge is -2.29. The number of anilines is 2. The second-order valence-corrected chi connectivity index (χ2v) is 7.40. The molecule has 1 aromatic carbocycles. The predicted molar refractivity (Wildman–Crippen MR) is 94.0 cm³/mol. The van der Waals surface area contributed by atoms with Gasteiger partial charge >= 0.3 is 6.09 Å². The molecule has 1 aromatic rings. The lowest BCUT2D eigenvalue weighted by Crippen LogP contribution is -2.38. The van der Waals surface area contributed by atoms with Crippen LogP contribution in [0.1, 0.15) is 0 Å². The highest BCUT2D eigenvalue weighted by molar-refractivity contribution is 7.85. The molecule has 0 saturated carbocycles. The molecule has 2 heterocycles. The van der Waals surface area contributed by atoms with Crippen molar-refractivity contribution in [1.29, 1.82) is 0 Å². The van der Waals surface area contributed by atoms with E-state index >= 15 is 0 Å². The molecule has 2 saturated heterocycles. The van der Waals surface area contributed by atoms with Crippen molar-refractivity contribution < 1.29 is 18.1 Å². The number of carbonyl (C=O) groups is 1. The fraction of sp³-hybridized carbons (Fsp3) is 0.467. The highest BCUT2D eigenvalue weighted by atomic mass is 32.2. The summed E-state index contributed by atoms with van der Waals surface area (Å²) in [4.78, 5) is 19.0. The second-order valence-electron chi connectivity index (χ2n) is 5.52. The summed E-state index contributed by atoms with van der Waals surface area (Å²) in [6.45, 7) is 1.66. The van der Waals surface area contributed by atoms with Crippen LogP contribution in [0.15, 0.2) is 23.2 Å². The maximum atomic E-state index is 14.5. The lowest BCUT2D eigenvalue weighted by atomic mass is 10.2. The highest BCUT2D eigenvalue weighted by Gasteiger charge is 2.32. The van der Waals surface area contributed by atoms with Gasteiger partial charge in [-0.15, -0.1) is 0 Å². The number of halogens is 1.